The van der Waals surface area contributed by atoms with Gasteiger partial charge in [0.1, 0.15) is 16.6 Å². The molecule has 1 heterocycles. The number of hydrogen-bond acceptors (Lipinski definition) is 4. The molecule has 0 unspecified atom stereocenters. The van der Waals surface area contributed by atoms with Crippen LogP contribution in [0.2, 0.25) is 9.36 Å². The molecule has 0 radical (unpaired) electrons. The number of hydrogen-bond donors (Lipinski definition) is 1. The molecule has 0 fully saturated rings. The summed E-state index contributed by atoms with van der Waals surface area (Å²) < 4.78 is 32.0. The molecule has 1 N–H and O–H groups in total. The maximum atomic E-state index is 11.9. The van der Waals surface area contributed by atoms with Gasteiger partial charge in [-0.1, -0.05) is 47.2 Å². The molecule has 2 aromatic rings. The zero-order valence-corrected chi connectivity index (χ0v) is 14.3. The Labute approximate surface area is 143 Å². The molecule has 0 aliphatic carbocycles. The Bertz CT molecular complexity index is 807. The minimum absolute atomic E-state index is 0.0102. The van der Waals surface area contributed by atoms with Gasteiger partial charge in [-0.3, -0.25) is 0 Å². The number of benzene rings is 1. The number of para-hydroxylation sites is 1. The zero-order valence-electron chi connectivity index (χ0n) is 11.2. The van der Waals surface area contributed by atoms with Crippen LogP contribution in [0, 0.1) is 11.8 Å². The maximum Gasteiger partial charge on any atom is 0.250 e. The molecular weight excluding hydrogens is 365 g/mol. The lowest BCUT2D eigenvalue weighted by molar-refractivity contribution is 0.370. The zero-order chi connectivity index (χ0) is 16.0. The molecule has 1 aromatic carbocycles. The highest BCUT2D eigenvalue weighted by Crippen LogP contribution is 2.25. The van der Waals surface area contributed by atoms with Gasteiger partial charge in [-0.15, -0.1) is 11.3 Å². The Morgan fingerprint density at radius 3 is 2.59 bits per heavy atom. The lowest BCUT2D eigenvalue weighted by Crippen LogP contribution is -2.23. The van der Waals surface area contributed by atoms with E-state index in [2.05, 4.69) is 16.6 Å². The Morgan fingerprint density at radius 2 is 1.91 bits per heavy atom. The van der Waals surface area contributed by atoms with Gasteiger partial charge in [0.2, 0.25) is 0 Å². The van der Waals surface area contributed by atoms with Crippen LogP contribution in [0.3, 0.4) is 0 Å². The van der Waals surface area contributed by atoms with Crippen LogP contribution in [0.5, 0.6) is 5.75 Å². The minimum atomic E-state index is -3.57. The SMILES string of the molecule is O=S(=O)(NCC#CCOc1ccccc1Cl)c1ccc(Cl)s1. The van der Waals surface area contributed by atoms with Crippen LogP contribution in [-0.2, 0) is 10.0 Å². The summed E-state index contributed by atoms with van der Waals surface area (Å²) in [6.45, 7) is 0.111. The molecule has 0 saturated heterocycles. The van der Waals surface area contributed by atoms with E-state index in [1.165, 1.54) is 12.1 Å². The van der Waals surface area contributed by atoms with Crippen LogP contribution >= 0.6 is 34.5 Å². The van der Waals surface area contributed by atoms with E-state index in [1.54, 1.807) is 24.3 Å². The van der Waals surface area contributed by atoms with Gasteiger partial charge < -0.3 is 4.74 Å². The molecule has 2 rings (SSSR count). The average Bonchev–Trinajstić information content (AvgIpc) is 2.92. The van der Waals surface area contributed by atoms with E-state index in [1.807, 2.05) is 0 Å². The van der Waals surface area contributed by atoms with E-state index in [0.717, 1.165) is 11.3 Å². The first-order valence-corrected chi connectivity index (χ1v) is 9.12. The van der Waals surface area contributed by atoms with Gasteiger partial charge in [-0.05, 0) is 24.3 Å². The summed E-state index contributed by atoms with van der Waals surface area (Å²) in [5.74, 6) is 5.92. The topological polar surface area (TPSA) is 55.4 Å². The van der Waals surface area contributed by atoms with Gasteiger partial charge >= 0.3 is 0 Å². The summed E-state index contributed by atoms with van der Waals surface area (Å²) in [6, 6.07) is 10.0. The molecule has 1 aromatic heterocycles. The molecule has 0 amide bonds. The van der Waals surface area contributed by atoms with Gasteiger partial charge in [0.25, 0.3) is 10.0 Å². The fourth-order valence-corrected chi connectivity index (χ4v) is 4.07. The van der Waals surface area contributed by atoms with Gasteiger partial charge in [-0.25, -0.2) is 8.42 Å². The van der Waals surface area contributed by atoms with Gasteiger partial charge in [0.05, 0.1) is 15.9 Å². The van der Waals surface area contributed by atoms with Crippen molar-refractivity contribution in [2.45, 2.75) is 4.21 Å². The van der Waals surface area contributed by atoms with Crippen molar-refractivity contribution >= 4 is 44.6 Å². The lowest BCUT2D eigenvalue weighted by atomic mass is 10.3. The van der Waals surface area contributed by atoms with Crippen LogP contribution in [0.1, 0.15) is 0 Å². The average molecular weight is 376 g/mol. The van der Waals surface area contributed by atoms with Crippen molar-refractivity contribution in [3.05, 3.63) is 45.8 Å². The second-order valence-electron chi connectivity index (χ2n) is 3.96. The first-order chi connectivity index (χ1) is 10.5. The van der Waals surface area contributed by atoms with E-state index in [9.17, 15) is 8.42 Å². The van der Waals surface area contributed by atoms with E-state index in [-0.39, 0.29) is 17.4 Å². The number of sulfonamides is 1. The summed E-state index contributed by atoms with van der Waals surface area (Å²) >= 11 is 12.6. The Hall–Kier alpha value is -1.23. The summed E-state index contributed by atoms with van der Waals surface area (Å²) in [7, 11) is -3.57. The highest BCUT2D eigenvalue weighted by molar-refractivity contribution is 7.91. The normalized spacial score (nSPS) is 10.8. The van der Waals surface area contributed by atoms with Crippen LogP contribution in [0.25, 0.3) is 0 Å². The Morgan fingerprint density at radius 1 is 1.14 bits per heavy atom. The van der Waals surface area contributed by atoms with Crippen LogP contribution in [0.15, 0.2) is 40.6 Å². The fourth-order valence-electron chi connectivity index (χ4n) is 1.43. The molecule has 0 bridgehead atoms. The maximum absolute atomic E-state index is 11.9. The van der Waals surface area contributed by atoms with Crippen LogP contribution in [-0.4, -0.2) is 21.6 Å². The molecule has 0 aliphatic rings. The van der Waals surface area contributed by atoms with Crippen molar-refractivity contribution < 1.29 is 13.2 Å². The largest absolute Gasteiger partial charge is 0.479 e. The Balaban J connectivity index is 1.81. The fraction of sp³-hybridized carbons (Fsp3) is 0.143. The lowest BCUT2D eigenvalue weighted by Gasteiger charge is -2.03. The molecule has 116 valence electrons. The van der Waals surface area contributed by atoms with Crippen LogP contribution < -0.4 is 9.46 Å². The monoisotopic (exact) mass is 375 g/mol. The number of thiophene rings is 1. The second-order valence-corrected chi connectivity index (χ2v) is 8.07. The van der Waals surface area contributed by atoms with Crippen molar-refractivity contribution in [1.29, 1.82) is 0 Å². The highest BCUT2D eigenvalue weighted by atomic mass is 35.5. The summed E-state index contributed by atoms with van der Waals surface area (Å²) in [6.07, 6.45) is 0. The molecule has 0 spiro atoms. The smallest absolute Gasteiger partial charge is 0.250 e. The third kappa shape index (κ3) is 4.90. The Kier molecular flexibility index (Phi) is 6.12. The van der Waals surface area contributed by atoms with Crippen molar-refractivity contribution in [3.63, 3.8) is 0 Å². The van der Waals surface area contributed by atoms with E-state index >= 15 is 0 Å². The molecule has 4 nitrogen and oxygen atoms in total. The second kappa shape index (κ2) is 7.86. The van der Waals surface area contributed by atoms with E-state index in [4.69, 9.17) is 27.9 Å². The van der Waals surface area contributed by atoms with Crippen LogP contribution in [0.4, 0.5) is 0 Å². The van der Waals surface area contributed by atoms with Crippen molar-refractivity contribution in [3.8, 4) is 17.6 Å². The third-order valence-corrected chi connectivity index (χ3v) is 5.86. The molecular formula is C14H11Cl2NO3S2. The van der Waals surface area contributed by atoms with E-state index in [0.29, 0.717) is 15.1 Å². The van der Waals surface area contributed by atoms with Crippen molar-refractivity contribution in [2.75, 3.05) is 13.2 Å². The summed E-state index contributed by atoms with van der Waals surface area (Å²) in [5.41, 5.74) is 0. The molecule has 0 aliphatic heterocycles. The van der Waals surface area contributed by atoms with Crippen molar-refractivity contribution in [1.82, 2.24) is 4.72 Å². The van der Waals surface area contributed by atoms with Gasteiger partial charge in [-0.2, -0.15) is 4.72 Å². The molecule has 0 saturated carbocycles. The molecule has 0 atom stereocenters. The van der Waals surface area contributed by atoms with Gasteiger partial charge in [0, 0.05) is 0 Å². The number of rotatable bonds is 5. The molecule has 22 heavy (non-hydrogen) atoms. The quantitative estimate of drug-likeness (QED) is 0.814. The summed E-state index contributed by atoms with van der Waals surface area (Å²) in [5, 5.41) is 0.500. The highest BCUT2D eigenvalue weighted by Gasteiger charge is 2.14. The third-order valence-electron chi connectivity index (χ3n) is 2.43. The van der Waals surface area contributed by atoms with Crippen molar-refractivity contribution in [2.24, 2.45) is 0 Å². The van der Waals surface area contributed by atoms with Gasteiger partial charge in [0.15, 0.2) is 0 Å². The predicted octanol–water partition coefficient (Wildman–Crippen LogP) is 3.42. The van der Waals surface area contributed by atoms with E-state index < -0.39 is 10.0 Å². The first-order valence-electron chi connectivity index (χ1n) is 6.07. The standard InChI is InChI=1S/C14H11Cl2NO3S2/c15-11-5-1-2-6-12(11)20-10-4-3-9-17-22(18,19)14-8-7-13(16)21-14/h1-2,5-8,17H,9-10H2. The molecule has 8 heteroatoms. The number of nitrogens with one attached hydrogen (secondary N) is 1. The predicted molar refractivity (Wildman–Crippen MR) is 89.2 cm³/mol. The number of ether oxygens (including phenoxy) is 1. The summed E-state index contributed by atoms with van der Waals surface area (Å²) in [4.78, 5) is 0. The first kappa shape index (κ1) is 17.1. The minimum Gasteiger partial charge on any atom is -0.479 e. The number of halogens is 2.